The summed E-state index contributed by atoms with van der Waals surface area (Å²) in [4.78, 5) is 3.88. The minimum absolute atomic E-state index is 0.243. The van der Waals surface area contributed by atoms with E-state index in [0.29, 0.717) is 12.2 Å². The standard InChI is InChI=1S/C10H12F4N2O/c11-9(12)10(13,14)6-17-5-8-2-1-7(3-15)4-16-8/h1-2,4,9H,3,5-6,15H2. The third-order valence-corrected chi connectivity index (χ3v) is 1.99. The molecule has 0 unspecified atom stereocenters. The average molecular weight is 252 g/mol. The Kier molecular flexibility index (Phi) is 4.83. The topological polar surface area (TPSA) is 48.1 Å². The first kappa shape index (κ1) is 13.9. The van der Waals surface area contributed by atoms with Crippen LogP contribution in [-0.4, -0.2) is 23.9 Å². The van der Waals surface area contributed by atoms with Crippen LogP contribution in [0.15, 0.2) is 18.3 Å². The summed E-state index contributed by atoms with van der Waals surface area (Å²) < 4.78 is 53.0. The van der Waals surface area contributed by atoms with Crippen LogP contribution < -0.4 is 5.73 Å². The van der Waals surface area contributed by atoms with Crippen LogP contribution in [0.25, 0.3) is 0 Å². The van der Waals surface area contributed by atoms with E-state index < -0.39 is 19.0 Å². The maximum atomic E-state index is 12.5. The van der Waals surface area contributed by atoms with Crippen LogP contribution >= 0.6 is 0 Å². The maximum absolute atomic E-state index is 12.5. The molecule has 1 aromatic rings. The minimum atomic E-state index is -4.13. The minimum Gasteiger partial charge on any atom is -0.369 e. The number of pyridine rings is 1. The Morgan fingerprint density at radius 1 is 1.35 bits per heavy atom. The van der Waals surface area contributed by atoms with Crippen LogP contribution in [0.3, 0.4) is 0 Å². The van der Waals surface area contributed by atoms with Crippen molar-refractivity contribution in [2.45, 2.75) is 25.5 Å². The largest absolute Gasteiger partial charge is 0.369 e. The Hall–Kier alpha value is -1.21. The molecular formula is C10H12F4N2O. The number of nitrogens with two attached hydrogens (primary N) is 1. The van der Waals surface area contributed by atoms with Gasteiger partial charge in [0.1, 0.15) is 6.61 Å². The summed E-state index contributed by atoms with van der Waals surface area (Å²) in [6, 6.07) is 3.21. The highest BCUT2D eigenvalue weighted by atomic mass is 19.3. The van der Waals surface area contributed by atoms with Gasteiger partial charge in [0.25, 0.3) is 0 Å². The first-order chi connectivity index (χ1) is 7.95. The fraction of sp³-hybridized carbons (Fsp3) is 0.500. The highest BCUT2D eigenvalue weighted by Crippen LogP contribution is 2.23. The molecule has 0 saturated carbocycles. The van der Waals surface area contributed by atoms with Crippen molar-refractivity contribution >= 4 is 0 Å². The lowest BCUT2D eigenvalue weighted by molar-refractivity contribution is -0.168. The lowest BCUT2D eigenvalue weighted by atomic mass is 10.2. The molecule has 0 saturated heterocycles. The molecule has 0 amide bonds. The molecule has 7 heteroatoms. The summed E-state index contributed by atoms with van der Waals surface area (Å²) in [5.41, 5.74) is 6.50. The van der Waals surface area contributed by atoms with Gasteiger partial charge in [-0.25, -0.2) is 8.78 Å². The second kappa shape index (κ2) is 5.92. The van der Waals surface area contributed by atoms with Gasteiger partial charge in [0.05, 0.1) is 12.3 Å². The van der Waals surface area contributed by atoms with Gasteiger partial charge in [0.2, 0.25) is 0 Å². The molecule has 0 aliphatic rings. The number of halogens is 4. The first-order valence-electron chi connectivity index (χ1n) is 4.83. The number of alkyl halides is 4. The number of ether oxygens (including phenoxy) is 1. The van der Waals surface area contributed by atoms with E-state index in [1.54, 1.807) is 12.1 Å². The summed E-state index contributed by atoms with van der Waals surface area (Å²) >= 11 is 0. The second-order valence-electron chi connectivity index (χ2n) is 3.42. The molecule has 1 heterocycles. The van der Waals surface area contributed by atoms with E-state index in [1.165, 1.54) is 6.20 Å². The number of rotatable bonds is 6. The van der Waals surface area contributed by atoms with Gasteiger partial charge >= 0.3 is 12.3 Å². The van der Waals surface area contributed by atoms with Crippen LogP contribution in [0.4, 0.5) is 17.6 Å². The van der Waals surface area contributed by atoms with Gasteiger partial charge in [-0.3, -0.25) is 4.98 Å². The van der Waals surface area contributed by atoms with E-state index in [0.717, 1.165) is 5.56 Å². The summed E-state index contributed by atoms with van der Waals surface area (Å²) in [7, 11) is 0. The first-order valence-corrected chi connectivity index (χ1v) is 4.83. The molecule has 0 atom stereocenters. The average Bonchev–Trinajstić information content (AvgIpc) is 2.29. The van der Waals surface area contributed by atoms with Gasteiger partial charge in [0, 0.05) is 12.7 Å². The molecule has 17 heavy (non-hydrogen) atoms. The van der Waals surface area contributed by atoms with E-state index in [1.807, 2.05) is 0 Å². The Balaban J connectivity index is 2.40. The predicted molar refractivity (Wildman–Crippen MR) is 52.7 cm³/mol. The molecule has 3 nitrogen and oxygen atoms in total. The molecule has 1 rings (SSSR count). The highest BCUT2D eigenvalue weighted by molar-refractivity contribution is 5.13. The van der Waals surface area contributed by atoms with Gasteiger partial charge in [-0.1, -0.05) is 6.07 Å². The summed E-state index contributed by atoms with van der Waals surface area (Å²) in [5.74, 6) is -4.13. The molecule has 0 radical (unpaired) electrons. The molecule has 2 N–H and O–H groups in total. The summed E-state index contributed by atoms with van der Waals surface area (Å²) in [6.45, 7) is -1.25. The second-order valence-corrected chi connectivity index (χ2v) is 3.42. The molecule has 0 aliphatic carbocycles. The van der Waals surface area contributed by atoms with E-state index >= 15 is 0 Å². The zero-order valence-electron chi connectivity index (χ0n) is 8.88. The van der Waals surface area contributed by atoms with Crippen molar-refractivity contribution in [2.24, 2.45) is 5.73 Å². The highest BCUT2D eigenvalue weighted by Gasteiger charge is 2.40. The van der Waals surface area contributed by atoms with Crippen LogP contribution in [0, 0.1) is 0 Å². The van der Waals surface area contributed by atoms with Gasteiger partial charge in [-0.2, -0.15) is 8.78 Å². The monoisotopic (exact) mass is 252 g/mol. The zero-order valence-corrected chi connectivity index (χ0v) is 8.88. The molecule has 0 spiro atoms. The fourth-order valence-electron chi connectivity index (χ4n) is 1.02. The molecule has 1 aromatic heterocycles. The lowest BCUT2D eigenvalue weighted by Crippen LogP contribution is -2.32. The summed E-state index contributed by atoms with van der Waals surface area (Å²) in [5, 5.41) is 0. The molecular weight excluding hydrogens is 240 g/mol. The normalized spacial score (nSPS) is 12.1. The summed E-state index contributed by atoms with van der Waals surface area (Å²) in [6.07, 6.45) is -2.25. The van der Waals surface area contributed by atoms with Gasteiger partial charge < -0.3 is 10.5 Å². The van der Waals surface area contributed by atoms with Gasteiger partial charge in [-0.05, 0) is 11.6 Å². The number of aromatic nitrogens is 1. The quantitative estimate of drug-likeness (QED) is 0.787. The zero-order chi connectivity index (χ0) is 12.9. The molecule has 0 bridgehead atoms. The van der Waals surface area contributed by atoms with E-state index in [-0.39, 0.29) is 6.61 Å². The van der Waals surface area contributed by atoms with Crippen molar-refractivity contribution in [1.29, 1.82) is 0 Å². The third-order valence-electron chi connectivity index (χ3n) is 1.99. The lowest BCUT2D eigenvalue weighted by Gasteiger charge is -2.14. The van der Waals surface area contributed by atoms with Crippen LogP contribution in [0.1, 0.15) is 11.3 Å². The predicted octanol–water partition coefficient (Wildman–Crippen LogP) is 1.96. The Morgan fingerprint density at radius 3 is 2.53 bits per heavy atom. The smallest absolute Gasteiger partial charge is 0.330 e. The van der Waals surface area contributed by atoms with Crippen LogP contribution in [0.5, 0.6) is 0 Å². The van der Waals surface area contributed by atoms with Gasteiger partial charge in [-0.15, -0.1) is 0 Å². The number of hydrogen-bond donors (Lipinski definition) is 1. The Labute approximate surface area is 95.6 Å². The fourth-order valence-corrected chi connectivity index (χ4v) is 1.02. The van der Waals surface area contributed by atoms with Crippen molar-refractivity contribution in [1.82, 2.24) is 4.98 Å². The van der Waals surface area contributed by atoms with Crippen LogP contribution in [0.2, 0.25) is 0 Å². The van der Waals surface area contributed by atoms with E-state index in [4.69, 9.17) is 5.73 Å². The Morgan fingerprint density at radius 2 is 2.06 bits per heavy atom. The molecule has 0 aromatic carbocycles. The van der Waals surface area contributed by atoms with E-state index in [9.17, 15) is 17.6 Å². The number of hydrogen-bond acceptors (Lipinski definition) is 3. The van der Waals surface area contributed by atoms with E-state index in [2.05, 4.69) is 9.72 Å². The maximum Gasteiger partial charge on any atom is 0.330 e. The third kappa shape index (κ3) is 4.27. The van der Waals surface area contributed by atoms with Crippen molar-refractivity contribution < 1.29 is 22.3 Å². The number of nitrogens with zero attached hydrogens (tertiary/aromatic N) is 1. The molecule has 0 fully saturated rings. The van der Waals surface area contributed by atoms with Crippen molar-refractivity contribution in [3.63, 3.8) is 0 Å². The van der Waals surface area contributed by atoms with Crippen molar-refractivity contribution in [3.05, 3.63) is 29.6 Å². The molecule has 0 aliphatic heterocycles. The van der Waals surface area contributed by atoms with Crippen molar-refractivity contribution in [3.8, 4) is 0 Å². The molecule has 96 valence electrons. The van der Waals surface area contributed by atoms with Crippen molar-refractivity contribution in [2.75, 3.05) is 6.61 Å². The Bertz CT molecular complexity index is 343. The van der Waals surface area contributed by atoms with Gasteiger partial charge in [0.15, 0.2) is 0 Å². The van der Waals surface area contributed by atoms with Crippen LogP contribution in [-0.2, 0) is 17.9 Å². The SMILES string of the molecule is NCc1ccc(COCC(F)(F)C(F)F)nc1.